The Morgan fingerprint density at radius 2 is 1.41 bits per heavy atom. The molecule has 2 aromatic rings. The monoisotopic (exact) mass is 373 g/mol. The van der Waals surface area contributed by atoms with Crippen LogP contribution in [0.3, 0.4) is 0 Å². The smallest absolute Gasteiger partial charge is 0.138 e. The van der Waals surface area contributed by atoms with Crippen LogP contribution in [0.25, 0.3) is 0 Å². The number of hydrogen-bond donors (Lipinski definition) is 0. The van der Waals surface area contributed by atoms with Crippen molar-refractivity contribution >= 4 is 0 Å². The Kier molecular flexibility index (Phi) is 10.1. The molecule has 0 spiro atoms. The van der Waals surface area contributed by atoms with Gasteiger partial charge in [-0.05, 0) is 24.5 Å². The summed E-state index contributed by atoms with van der Waals surface area (Å²) in [6.07, 6.45) is -0.525. The summed E-state index contributed by atoms with van der Waals surface area (Å²) in [7, 11) is 0. The van der Waals surface area contributed by atoms with Crippen LogP contribution in [0.1, 0.15) is 31.4 Å². The molecule has 0 fully saturated rings. The largest absolute Gasteiger partial charge is 0.379 e. The maximum absolute atomic E-state index is 14.8. The van der Waals surface area contributed by atoms with E-state index in [2.05, 4.69) is 36.1 Å². The average molecular weight is 374 g/mol. The molecule has 0 aliphatic carbocycles. The highest BCUT2D eigenvalue weighted by Gasteiger charge is 2.21. The standard InChI is InChI=1S/C23H32FNO2/c1-3-14-26-15-16-27-20(2)23(24)19-25(17-21-10-6-4-7-11-21)18-22-12-8-5-9-13-22/h4-13,20,23H,3,14-19H2,1-2H3. The summed E-state index contributed by atoms with van der Waals surface area (Å²) >= 11 is 0. The van der Waals surface area contributed by atoms with Gasteiger partial charge in [-0.15, -0.1) is 0 Å². The van der Waals surface area contributed by atoms with E-state index in [1.165, 1.54) is 11.1 Å². The minimum Gasteiger partial charge on any atom is -0.379 e. The van der Waals surface area contributed by atoms with Gasteiger partial charge in [0.25, 0.3) is 0 Å². The van der Waals surface area contributed by atoms with Crippen molar-refractivity contribution in [3.05, 3.63) is 71.8 Å². The van der Waals surface area contributed by atoms with Crippen LogP contribution < -0.4 is 0 Å². The van der Waals surface area contributed by atoms with E-state index in [1.54, 1.807) is 6.92 Å². The molecule has 0 saturated carbocycles. The highest BCUT2D eigenvalue weighted by molar-refractivity contribution is 5.17. The van der Waals surface area contributed by atoms with E-state index >= 15 is 0 Å². The van der Waals surface area contributed by atoms with Gasteiger partial charge in [-0.1, -0.05) is 67.6 Å². The summed E-state index contributed by atoms with van der Waals surface area (Å²) in [6.45, 7) is 7.29. The maximum atomic E-state index is 14.8. The minimum absolute atomic E-state index is 0.334. The molecule has 0 amide bonds. The number of hydrogen-bond acceptors (Lipinski definition) is 3. The van der Waals surface area contributed by atoms with Crippen LogP contribution in [0.15, 0.2) is 60.7 Å². The van der Waals surface area contributed by atoms with E-state index in [-0.39, 0.29) is 0 Å². The lowest BCUT2D eigenvalue weighted by atomic mass is 10.1. The summed E-state index contributed by atoms with van der Waals surface area (Å²) in [6, 6.07) is 20.4. The molecule has 2 atom stereocenters. The number of nitrogens with zero attached hydrogens (tertiary/aromatic N) is 1. The fourth-order valence-corrected chi connectivity index (χ4v) is 2.91. The van der Waals surface area contributed by atoms with Crippen molar-refractivity contribution in [2.75, 3.05) is 26.4 Å². The van der Waals surface area contributed by atoms with Crippen LogP contribution >= 0.6 is 0 Å². The first-order valence-electron chi connectivity index (χ1n) is 9.82. The van der Waals surface area contributed by atoms with Gasteiger partial charge >= 0.3 is 0 Å². The topological polar surface area (TPSA) is 21.7 Å². The Morgan fingerprint density at radius 1 is 0.852 bits per heavy atom. The van der Waals surface area contributed by atoms with Gasteiger partial charge in [0, 0.05) is 26.2 Å². The lowest BCUT2D eigenvalue weighted by molar-refractivity contribution is -0.0303. The molecular formula is C23H32FNO2. The Balaban J connectivity index is 1.89. The molecule has 3 nitrogen and oxygen atoms in total. The van der Waals surface area contributed by atoms with Gasteiger partial charge in [-0.2, -0.15) is 0 Å². The molecule has 0 heterocycles. The number of benzene rings is 2. The van der Waals surface area contributed by atoms with E-state index < -0.39 is 12.3 Å². The van der Waals surface area contributed by atoms with E-state index in [1.807, 2.05) is 36.4 Å². The fourth-order valence-electron chi connectivity index (χ4n) is 2.91. The third kappa shape index (κ3) is 8.65. The second-order valence-corrected chi connectivity index (χ2v) is 6.85. The van der Waals surface area contributed by atoms with Crippen LogP contribution in [-0.4, -0.2) is 43.5 Å². The molecule has 0 bridgehead atoms. The average Bonchev–Trinajstić information content (AvgIpc) is 2.69. The van der Waals surface area contributed by atoms with Crippen molar-refractivity contribution in [2.24, 2.45) is 0 Å². The summed E-state index contributed by atoms with van der Waals surface area (Å²) in [5.41, 5.74) is 2.37. The Hall–Kier alpha value is -1.75. The van der Waals surface area contributed by atoms with E-state index in [0.717, 1.165) is 13.0 Å². The summed E-state index contributed by atoms with van der Waals surface area (Å²) in [4.78, 5) is 2.14. The summed E-state index contributed by atoms with van der Waals surface area (Å²) < 4.78 is 25.8. The van der Waals surface area contributed by atoms with Crippen LogP contribution in [-0.2, 0) is 22.6 Å². The molecule has 2 unspecified atom stereocenters. The van der Waals surface area contributed by atoms with Gasteiger partial charge in [0.2, 0.25) is 0 Å². The van der Waals surface area contributed by atoms with Gasteiger partial charge in [-0.3, -0.25) is 4.90 Å². The van der Waals surface area contributed by atoms with Crippen molar-refractivity contribution in [1.29, 1.82) is 0 Å². The lowest BCUT2D eigenvalue weighted by Crippen LogP contribution is -2.36. The van der Waals surface area contributed by atoms with Crippen molar-refractivity contribution < 1.29 is 13.9 Å². The molecule has 0 saturated heterocycles. The zero-order chi connectivity index (χ0) is 19.3. The highest BCUT2D eigenvalue weighted by atomic mass is 19.1. The zero-order valence-electron chi connectivity index (χ0n) is 16.5. The van der Waals surface area contributed by atoms with Gasteiger partial charge in [0.05, 0.1) is 19.3 Å². The number of halogens is 1. The van der Waals surface area contributed by atoms with Crippen LogP contribution in [0, 0.1) is 0 Å². The normalized spacial score (nSPS) is 13.6. The minimum atomic E-state index is -1.05. The van der Waals surface area contributed by atoms with E-state index in [9.17, 15) is 4.39 Å². The number of rotatable bonds is 13. The van der Waals surface area contributed by atoms with Gasteiger partial charge in [0.15, 0.2) is 0 Å². The Bertz CT molecular complexity index is 567. The molecule has 0 aliphatic heterocycles. The van der Waals surface area contributed by atoms with E-state index in [4.69, 9.17) is 9.47 Å². The third-order valence-electron chi connectivity index (χ3n) is 4.40. The number of alkyl halides is 1. The second kappa shape index (κ2) is 12.6. The van der Waals surface area contributed by atoms with Crippen molar-refractivity contribution in [1.82, 2.24) is 4.90 Å². The molecule has 0 radical (unpaired) electrons. The molecule has 4 heteroatoms. The molecule has 0 aromatic heterocycles. The summed E-state index contributed by atoms with van der Waals surface area (Å²) in [5.74, 6) is 0. The van der Waals surface area contributed by atoms with Gasteiger partial charge in [0.1, 0.15) is 6.17 Å². The Morgan fingerprint density at radius 3 is 1.93 bits per heavy atom. The first kappa shape index (κ1) is 21.5. The lowest BCUT2D eigenvalue weighted by Gasteiger charge is -2.27. The van der Waals surface area contributed by atoms with Crippen molar-refractivity contribution in [3.63, 3.8) is 0 Å². The highest BCUT2D eigenvalue weighted by Crippen LogP contribution is 2.14. The van der Waals surface area contributed by atoms with Crippen LogP contribution in [0.5, 0.6) is 0 Å². The summed E-state index contributed by atoms with van der Waals surface area (Å²) in [5, 5.41) is 0. The molecule has 0 N–H and O–H groups in total. The fraction of sp³-hybridized carbons (Fsp3) is 0.478. The van der Waals surface area contributed by atoms with Crippen molar-refractivity contribution in [3.8, 4) is 0 Å². The molecule has 27 heavy (non-hydrogen) atoms. The van der Waals surface area contributed by atoms with E-state index in [0.29, 0.717) is 32.8 Å². The van der Waals surface area contributed by atoms with Crippen LogP contribution in [0.2, 0.25) is 0 Å². The van der Waals surface area contributed by atoms with Gasteiger partial charge in [-0.25, -0.2) is 4.39 Å². The third-order valence-corrected chi connectivity index (χ3v) is 4.40. The maximum Gasteiger partial charge on any atom is 0.138 e. The SMILES string of the molecule is CCCOCCOC(C)C(F)CN(Cc1ccccc1)Cc1ccccc1. The zero-order valence-corrected chi connectivity index (χ0v) is 16.5. The first-order valence-corrected chi connectivity index (χ1v) is 9.82. The molecule has 2 aromatic carbocycles. The van der Waals surface area contributed by atoms with Gasteiger partial charge < -0.3 is 9.47 Å². The predicted octanol–water partition coefficient (Wildman–Crippen LogP) is 4.86. The molecule has 0 aliphatic rings. The van der Waals surface area contributed by atoms with Crippen molar-refractivity contribution in [2.45, 2.75) is 45.6 Å². The number of ether oxygens (including phenoxy) is 2. The predicted molar refractivity (Wildman–Crippen MR) is 108 cm³/mol. The Labute approximate surface area is 163 Å². The second-order valence-electron chi connectivity index (χ2n) is 6.85. The quantitative estimate of drug-likeness (QED) is 0.468. The molecule has 148 valence electrons. The van der Waals surface area contributed by atoms with Crippen LogP contribution in [0.4, 0.5) is 4.39 Å². The molecular weight excluding hydrogens is 341 g/mol. The first-order chi connectivity index (χ1) is 13.2. The molecule has 2 rings (SSSR count).